The summed E-state index contributed by atoms with van der Waals surface area (Å²) < 4.78 is 6.94. The molecule has 6 heteroatoms. The van der Waals surface area contributed by atoms with Crippen molar-refractivity contribution in [3.05, 3.63) is 29.6 Å². The Balaban J connectivity index is 2.46. The average Bonchev–Trinajstić information content (AvgIpc) is 2.77. The predicted octanol–water partition coefficient (Wildman–Crippen LogP) is 1.82. The fourth-order valence-electron chi connectivity index (χ4n) is 2.20. The largest absolute Gasteiger partial charge is 0.478 e. The summed E-state index contributed by atoms with van der Waals surface area (Å²) >= 11 is 0. The molecule has 2 N–H and O–H groups in total. The highest BCUT2D eigenvalue weighted by molar-refractivity contribution is 5.92. The number of fused-ring (bicyclic) bond motifs is 1. The Morgan fingerprint density at radius 3 is 2.85 bits per heavy atom. The number of aliphatic hydroxyl groups excluding tert-OH is 1. The molecule has 0 radical (unpaired) electrons. The monoisotopic (exact) mass is 278 g/mol. The smallest absolute Gasteiger partial charge is 0.335 e. The Hall–Kier alpha value is -1.92. The Morgan fingerprint density at radius 1 is 1.50 bits per heavy atom. The van der Waals surface area contributed by atoms with Gasteiger partial charge in [-0.25, -0.2) is 9.78 Å². The summed E-state index contributed by atoms with van der Waals surface area (Å²) in [5, 5.41) is 18.8. The molecule has 1 atom stereocenters. The zero-order valence-electron chi connectivity index (χ0n) is 11.5. The summed E-state index contributed by atoms with van der Waals surface area (Å²) in [6.45, 7) is 2.93. The molecule has 108 valence electrons. The van der Waals surface area contributed by atoms with Crippen LogP contribution in [0.4, 0.5) is 0 Å². The number of ether oxygens (including phenoxy) is 1. The van der Waals surface area contributed by atoms with Gasteiger partial charge in [-0.1, -0.05) is 0 Å². The first-order valence-electron chi connectivity index (χ1n) is 6.45. The zero-order valence-corrected chi connectivity index (χ0v) is 11.5. The molecule has 0 saturated carbocycles. The van der Waals surface area contributed by atoms with Gasteiger partial charge in [-0.3, -0.25) is 0 Å². The van der Waals surface area contributed by atoms with Crippen LogP contribution in [0.5, 0.6) is 0 Å². The SMILES string of the molecule is COCCCn1c(C(C)O)nc2cc(C(=O)O)ccc21. The Bertz CT molecular complexity index is 619. The fourth-order valence-corrected chi connectivity index (χ4v) is 2.20. The summed E-state index contributed by atoms with van der Waals surface area (Å²) in [6, 6.07) is 4.80. The summed E-state index contributed by atoms with van der Waals surface area (Å²) in [5.41, 5.74) is 1.59. The second kappa shape index (κ2) is 6.02. The lowest BCUT2D eigenvalue weighted by molar-refractivity contribution is 0.0697. The number of hydrogen-bond acceptors (Lipinski definition) is 4. The van der Waals surface area contributed by atoms with Gasteiger partial charge in [-0.15, -0.1) is 0 Å². The third-order valence-corrected chi connectivity index (χ3v) is 3.13. The molecular weight excluding hydrogens is 260 g/mol. The van der Waals surface area contributed by atoms with Crippen molar-refractivity contribution < 1.29 is 19.7 Å². The van der Waals surface area contributed by atoms with Gasteiger partial charge in [0.1, 0.15) is 11.9 Å². The molecule has 0 aliphatic rings. The van der Waals surface area contributed by atoms with Gasteiger partial charge in [0.05, 0.1) is 16.6 Å². The minimum atomic E-state index is -0.987. The van der Waals surface area contributed by atoms with E-state index in [9.17, 15) is 9.90 Å². The molecule has 0 spiro atoms. The Kier molecular flexibility index (Phi) is 4.36. The number of benzene rings is 1. The summed E-state index contributed by atoms with van der Waals surface area (Å²) in [7, 11) is 1.64. The van der Waals surface area contributed by atoms with E-state index in [4.69, 9.17) is 9.84 Å². The van der Waals surface area contributed by atoms with Crippen LogP contribution in [0.3, 0.4) is 0 Å². The lowest BCUT2D eigenvalue weighted by Gasteiger charge is -2.10. The number of hydrogen-bond donors (Lipinski definition) is 2. The number of imidazole rings is 1. The van der Waals surface area contributed by atoms with E-state index in [1.54, 1.807) is 26.2 Å². The topological polar surface area (TPSA) is 84.6 Å². The highest BCUT2D eigenvalue weighted by atomic mass is 16.5. The Morgan fingerprint density at radius 2 is 2.25 bits per heavy atom. The van der Waals surface area contributed by atoms with Crippen LogP contribution in [0.15, 0.2) is 18.2 Å². The minimum Gasteiger partial charge on any atom is -0.478 e. The van der Waals surface area contributed by atoms with Crippen LogP contribution in [0, 0.1) is 0 Å². The van der Waals surface area contributed by atoms with Gasteiger partial charge in [0, 0.05) is 20.3 Å². The third kappa shape index (κ3) is 2.81. The number of aromatic carboxylic acids is 1. The van der Waals surface area contributed by atoms with Crippen LogP contribution in [0.25, 0.3) is 11.0 Å². The average molecular weight is 278 g/mol. The van der Waals surface area contributed by atoms with Crippen molar-refractivity contribution >= 4 is 17.0 Å². The number of rotatable bonds is 6. The van der Waals surface area contributed by atoms with Crippen molar-refractivity contribution in [1.29, 1.82) is 0 Å². The van der Waals surface area contributed by atoms with E-state index in [1.165, 1.54) is 6.07 Å². The van der Waals surface area contributed by atoms with Crippen molar-refractivity contribution in [3.8, 4) is 0 Å². The molecule has 0 saturated heterocycles. The fraction of sp³-hybridized carbons (Fsp3) is 0.429. The van der Waals surface area contributed by atoms with Gasteiger partial charge < -0.3 is 19.5 Å². The summed E-state index contributed by atoms with van der Waals surface area (Å²) in [5.74, 6) is -0.446. The van der Waals surface area contributed by atoms with E-state index >= 15 is 0 Å². The molecule has 0 amide bonds. The maximum atomic E-state index is 11.0. The molecule has 2 aromatic rings. The molecule has 2 rings (SSSR count). The van der Waals surface area contributed by atoms with Crippen LogP contribution in [0.1, 0.15) is 35.6 Å². The number of carboxylic acid groups (broad SMARTS) is 1. The van der Waals surface area contributed by atoms with Gasteiger partial charge in [0.2, 0.25) is 0 Å². The van der Waals surface area contributed by atoms with Crippen LogP contribution < -0.4 is 0 Å². The number of carbonyl (C=O) groups is 1. The lowest BCUT2D eigenvalue weighted by Crippen LogP contribution is -2.08. The van der Waals surface area contributed by atoms with E-state index in [0.29, 0.717) is 24.5 Å². The maximum absolute atomic E-state index is 11.0. The first-order valence-corrected chi connectivity index (χ1v) is 6.45. The van der Waals surface area contributed by atoms with E-state index in [1.807, 2.05) is 4.57 Å². The minimum absolute atomic E-state index is 0.191. The summed E-state index contributed by atoms with van der Waals surface area (Å²) in [4.78, 5) is 15.3. The molecule has 0 aliphatic carbocycles. The lowest BCUT2D eigenvalue weighted by atomic mass is 10.2. The van der Waals surface area contributed by atoms with Gasteiger partial charge in [0.15, 0.2) is 0 Å². The van der Waals surface area contributed by atoms with Gasteiger partial charge >= 0.3 is 5.97 Å². The van der Waals surface area contributed by atoms with E-state index in [2.05, 4.69) is 4.98 Å². The number of aliphatic hydroxyl groups is 1. The second-order valence-corrected chi connectivity index (χ2v) is 4.65. The molecule has 1 unspecified atom stereocenters. The molecule has 0 fully saturated rings. The van der Waals surface area contributed by atoms with E-state index < -0.39 is 12.1 Å². The molecule has 0 aliphatic heterocycles. The quantitative estimate of drug-likeness (QED) is 0.787. The molecule has 6 nitrogen and oxygen atoms in total. The van der Waals surface area contributed by atoms with Gasteiger partial charge in [-0.05, 0) is 31.5 Å². The maximum Gasteiger partial charge on any atom is 0.335 e. The standard InChI is InChI=1S/C14H18N2O4/c1-9(17)13-15-11-8-10(14(18)19)4-5-12(11)16(13)6-3-7-20-2/h4-5,8-9,17H,3,6-7H2,1-2H3,(H,18,19). The first-order chi connectivity index (χ1) is 9.54. The van der Waals surface area contributed by atoms with Crippen molar-refractivity contribution in [2.75, 3.05) is 13.7 Å². The van der Waals surface area contributed by atoms with Crippen molar-refractivity contribution in [2.24, 2.45) is 0 Å². The molecule has 20 heavy (non-hydrogen) atoms. The predicted molar refractivity (Wildman–Crippen MR) is 73.8 cm³/mol. The number of aromatic nitrogens is 2. The van der Waals surface area contributed by atoms with Crippen molar-refractivity contribution in [1.82, 2.24) is 9.55 Å². The van der Waals surface area contributed by atoms with Crippen molar-refractivity contribution in [3.63, 3.8) is 0 Å². The second-order valence-electron chi connectivity index (χ2n) is 4.65. The van der Waals surface area contributed by atoms with Crippen LogP contribution in [-0.4, -0.2) is 39.5 Å². The third-order valence-electron chi connectivity index (χ3n) is 3.13. The van der Waals surface area contributed by atoms with Crippen LogP contribution >= 0.6 is 0 Å². The molecule has 0 bridgehead atoms. The van der Waals surface area contributed by atoms with Gasteiger partial charge in [-0.2, -0.15) is 0 Å². The molecular formula is C14H18N2O4. The zero-order chi connectivity index (χ0) is 14.7. The van der Waals surface area contributed by atoms with Crippen LogP contribution in [-0.2, 0) is 11.3 Å². The molecule has 1 heterocycles. The number of methoxy groups -OCH3 is 1. The summed E-state index contributed by atoms with van der Waals surface area (Å²) in [6.07, 6.45) is 0.0840. The van der Waals surface area contributed by atoms with E-state index in [-0.39, 0.29) is 5.56 Å². The number of aryl methyl sites for hydroxylation is 1. The molecule has 1 aromatic heterocycles. The normalized spacial score (nSPS) is 12.8. The number of nitrogens with zero attached hydrogens (tertiary/aromatic N) is 2. The van der Waals surface area contributed by atoms with E-state index in [0.717, 1.165) is 11.9 Å². The number of carboxylic acids is 1. The van der Waals surface area contributed by atoms with Crippen molar-refractivity contribution in [2.45, 2.75) is 26.0 Å². The highest BCUT2D eigenvalue weighted by Crippen LogP contribution is 2.22. The van der Waals surface area contributed by atoms with Gasteiger partial charge in [0.25, 0.3) is 0 Å². The highest BCUT2D eigenvalue weighted by Gasteiger charge is 2.16. The first kappa shape index (κ1) is 14.5. The Labute approximate surface area is 116 Å². The van der Waals surface area contributed by atoms with Crippen LogP contribution in [0.2, 0.25) is 0 Å². The molecule has 1 aromatic carbocycles.